The van der Waals surface area contributed by atoms with Gasteiger partial charge in [-0.1, -0.05) is 51.1 Å². The molecule has 1 N–H and O–H groups in total. The number of hydrogen-bond donors (Lipinski definition) is 1. The van der Waals surface area contributed by atoms with Gasteiger partial charge >= 0.3 is 5.97 Å². The van der Waals surface area contributed by atoms with Gasteiger partial charge in [0.15, 0.2) is 0 Å². The molecule has 1 amide bonds. The van der Waals surface area contributed by atoms with Gasteiger partial charge in [0.2, 0.25) is 5.91 Å². The second kappa shape index (κ2) is 8.35. The molecular weight excluding hydrogens is 254 g/mol. The molecule has 0 aliphatic heterocycles. The Morgan fingerprint density at radius 1 is 1.20 bits per heavy atom. The SMILES string of the molecule is CCC(=O)N[C@@H](CC(C)C)C(=O)OCc1ccccc1. The smallest absolute Gasteiger partial charge is 0.328 e. The van der Waals surface area contributed by atoms with Crippen molar-refractivity contribution >= 4 is 11.9 Å². The Morgan fingerprint density at radius 3 is 2.40 bits per heavy atom. The average molecular weight is 277 g/mol. The Kier molecular flexibility index (Phi) is 6.77. The van der Waals surface area contributed by atoms with E-state index in [1.807, 2.05) is 44.2 Å². The highest BCUT2D eigenvalue weighted by molar-refractivity contribution is 5.84. The molecule has 0 spiro atoms. The summed E-state index contributed by atoms with van der Waals surface area (Å²) in [6, 6.07) is 8.94. The summed E-state index contributed by atoms with van der Waals surface area (Å²) in [4.78, 5) is 23.5. The number of nitrogens with one attached hydrogen (secondary N) is 1. The normalized spacial score (nSPS) is 12.0. The van der Waals surface area contributed by atoms with Crippen molar-refractivity contribution < 1.29 is 14.3 Å². The lowest BCUT2D eigenvalue weighted by Crippen LogP contribution is -2.42. The number of ether oxygens (including phenoxy) is 1. The third-order valence-electron chi connectivity index (χ3n) is 2.87. The number of carbonyl (C=O) groups is 2. The Bertz CT molecular complexity index is 429. The third-order valence-corrected chi connectivity index (χ3v) is 2.87. The van der Waals surface area contributed by atoms with Gasteiger partial charge in [0.1, 0.15) is 12.6 Å². The Balaban J connectivity index is 2.56. The van der Waals surface area contributed by atoms with E-state index < -0.39 is 6.04 Å². The molecule has 0 fully saturated rings. The average Bonchev–Trinajstić information content (AvgIpc) is 2.44. The predicted octanol–water partition coefficient (Wildman–Crippen LogP) is 2.67. The topological polar surface area (TPSA) is 55.4 Å². The van der Waals surface area contributed by atoms with Crippen LogP contribution < -0.4 is 5.32 Å². The molecule has 0 unspecified atom stereocenters. The van der Waals surface area contributed by atoms with Crippen molar-refractivity contribution in [2.45, 2.75) is 46.3 Å². The second-order valence-electron chi connectivity index (χ2n) is 5.20. The van der Waals surface area contributed by atoms with Crippen LogP contribution in [0.15, 0.2) is 30.3 Å². The van der Waals surface area contributed by atoms with Crippen molar-refractivity contribution in [3.05, 3.63) is 35.9 Å². The third kappa shape index (κ3) is 5.87. The van der Waals surface area contributed by atoms with Crippen molar-refractivity contribution in [2.24, 2.45) is 5.92 Å². The largest absolute Gasteiger partial charge is 0.459 e. The molecule has 0 heterocycles. The van der Waals surface area contributed by atoms with Crippen LogP contribution in [-0.2, 0) is 20.9 Å². The minimum absolute atomic E-state index is 0.132. The molecule has 0 saturated heterocycles. The summed E-state index contributed by atoms with van der Waals surface area (Å²) in [5.41, 5.74) is 0.936. The van der Waals surface area contributed by atoms with Gasteiger partial charge in [0.25, 0.3) is 0 Å². The summed E-state index contributed by atoms with van der Waals surface area (Å²) in [6.45, 7) is 6.01. The standard InChI is InChI=1S/C16H23NO3/c1-4-15(18)17-14(10-12(2)3)16(19)20-11-13-8-6-5-7-9-13/h5-9,12,14H,4,10-11H2,1-3H3,(H,17,18)/t14-/m0/s1. The van der Waals surface area contributed by atoms with Crippen LogP contribution in [0.3, 0.4) is 0 Å². The first-order valence-corrected chi connectivity index (χ1v) is 7.02. The van der Waals surface area contributed by atoms with Crippen molar-refractivity contribution in [1.29, 1.82) is 0 Å². The van der Waals surface area contributed by atoms with Crippen LogP contribution in [0.5, 0.6) is 0 Å². The number of rotatable bonds is 7. The van der Waals surface area contributed by atoms with Crippen LogP contribution in [-0.4, -0.2) is 17.9 Å². The summed E-state index contributed by atoms with van der Waals surface area (Å²) < 4.78 is 5.28. The van der Waals surface area contributed by atoms with E-state index in [0.717, 1.165) is 5.56 Å². The molecule has 1 aromatic rings. The van der Waals surface area contributed by atoms with Crippen molar-refractivity contribution in [3.8, 4) is 0 Å². The summed E-state index contributed by atoms with van der Waals surface area (Å²) in [6.07, 6.45) is 0.944. The van der Waals surface area contributed by atoms with Crippen LogP contribution in [0.2, 0.25) is 0 Å². The van der Waals surface area contributed by atoms with Crippen LogP contribution in [0.4, 0.5) is 0 Å². The molecule has 20 heavy (non-hydrogen) atoms. The van der Waals surface area contributed by atoms with Crippen molar-refractivity contribution in [1.82, 2.24) is 5.32 Å². The number of carbonyl (C=O) groups excluding carboxylic acids is 2. The molecule has 0 radical (unpaired) electrons. The van der Waals surface area contributed by atoms with Gasteiger partial charge in [-0.2, -0.15) is 0 Å². The highest BCUT2D eigenvalue weighted by Crippen LogP contribution is 2.09. The van der Waals surface area contributed by atoms with Gasteiger partial charge in [-0.25, -0.2) is 4.79 Å². The van der Waals surface area contributed by atoms with Gasteiger partial charge in [-0.05, 0) is 17.9 Å². The van der Waals surface area contributed by atoms with Crippen LogP contribution in [0.25, 0.3) is 0 Å². The lowest BCUT2D eigenvalue weighted by atomic mass is 10.0. The number of amides is 1. The Hall–Kier alpha value is -1.84. The van der Waals surface area contributed by atoms with Crippen LogP contribution >= 0.6 is 0 Å². The number of esters is 1. The molecule has 0 aromatic heterocycles. The van der Waals surface area contributed by atoms with E-state index >= 15 is 0 Å². The van der Waals surface area contributed by atoms with E-state index in [-0.39, 0.29) is 18.5 Å². The molecular formula is C16H23NO3. The van der Waals surface area contributed by atoms with Gasteiger partial charge in [-0.15, -0.1) is 0 Å². The quantitative estimate of drug-likeness (QED) is 0.780. The molecule has 1 rings (SSSR count). The summed E-state index contributed by atoms with van der Waals surface area (Å²) in [5, 5.41) is 2.72. The number of benzene rings is 1. The van der Waals surface area contributed by atoms with Crippen LogP contribution in [0.1, 0.15) is 39.2 Å². The van der Waals surface area contributed by atoms with E-state index in [1.165, 1.54) is 0 Å². The van der Waals surface area contributed by atoms with Gasteiger partial charge < -0.3 is 10.1 Å². The maximum atomic E-state index is 12.1. The van der Waals surface area contributed by atoms with E-state index in [9.17, 15) is 9.59 Å². The first-order valence-electron chi connectivity index (χ1n) is 7.02. The lowest BCUT2D eigenvalue weighted by Gasteiger charge is -2.19. The van der Waals surface area contributed by atoms with Crippen molar-refractivity contribution in [3.63, 3.8) is 0 Å². The first kappa shape index (κ1) is 16.2. The molecule has 0 aliphatic rings. The molecule has 4 heteroatoms. The fraction of sp³-hybridized carbons (Fsp3) is 0.500. The zero-order valence-electron chi connectivity index (χ0n) is 12.4. The van der Waals surface area contributed by atoms with Crippen LogP contribution in [0, 0.1) is 5.92 Å². The molecule has 0 saturated carbocycles. The van der Waals surface area contributed by atoms with Gasteiger partial charge in [0.05, 0.1) is 0 Å². The molecule has 4 nitrogen and oxygen atoms in total. The maximum absolute atomic E-state index is 12.1. The highest BCUT2D eigenvalue weighted by Gasteiger charge is 2.22. The second-order valence-corrected chi connectivity index (χ2v) is 5.20. The molecule has 0 bridgehead atoms. The summed E-state index contributed by atoms with van der Waals surface area (Å²) >= 11 is 0. The summed E-state index contributed by atoms with van der Waals surface area (Å²) in [7, 11) is 0. The highest BCUT2D eigenvalue weighted by atomic mass is 16.5. The maximum Gasteiger partial charge on any atom is 0.328 e. The monoisotopic (exact) mass is 277 g/mol. The summed E-state index contributed by atoms with van der Waals surface area (Å²) in [5.74, 6) is -0.196. The first-order chi connectivity index (χ1) is 9.52. The Morgan fingerprint density at radius 2 is 1.85 bits per heavy atom. The predicted molar refractivity (Wildman–Crippen MR) is 77.9 cm³/mol. The molecule has 110 valence electrons. The minimum Gasteiger partial charge on any atom is -0.459 e. The fourth-order valence-electron chi connectivity index (χ4n) is 1.81. The van der Waals surface area contributed by atoms with E-state index in [1.54, 1.807) is 6.92 Å². The van der Waals surface area contributed by atoms with Gasteiger partial charge in [0, 0.05) is 6.42 Å². The fourth-order valence-corrected chi connectivity index (χ4v) is 1.81. The minimum atomic E-state index is -0.564. The number of hydrogen-bond acceptors (Lipinski definition) is 3. The van der Waals surface area contributed by atoms with Crippen molar-refractivity contribution in [2.75, 3.05) is 0 Å². The van der Waals surface area contributed by atoms with E-state index in [4.69, 9.17) is 4.74 Å². The molecule has 0 aliphatic carbocycles. The van der Waals surface area contributed by atoms with Gasteiger partial charge in [-0.3, -0.25) is 4.79 Å². The van der Waals surface area contributed by atoms with E-state index in [2.05, 4.69) is 5.32 Å². The molecule has 1 aromatic carbocycles. The zero-order valence-corrected chi connectivity index (χ0v) is 12.4. The van der Waals surface area contributed by atoms with E-state index in [0.29, 0.717) is 18.8 Å². The molecule has 1 atom stereocenters. The lowest BCUT2D eigenvalue weighted by molar-refractivity contribution is -0.149. The zero-order chi connectivity index (χ0) is 15.0. The Labute approximate surface area is 120 Å².